The smallest absolute Gasteiger partial charge is 0.0948 e. The zero-order valence-electron chi connectivity index (χ0n) is 10.3. The van der Waals surface area contributed by atoms with E-state index in [0.29, 0.717) is 12.6 Å². The van der Waals surface area contributed by atoms with Crippen LogP contribution in [-0.2, 0) is 6.54 Å². The van der Waals surface area contributed by atoms with Gasteiger partial charge in [0.05, 0.1) is 18.1 Å². The first-order chi connectivity index (χ1) is 7.76. The molecular formula is C12H22N4. The van der Waals surface area contributed by atoms with Gasteiger partial charge in [0.2, 0.25) is 0 Å². The van der Waals surface area contributed by atoms with E-state index >= 15 is 0 Å². The maximum absolute atomic E-state index is 5.93. The summed E-state index contributed by atoms with van der Waals surface area (Å²) in [6.07, 6.45) is 5.15. The number of hydrogen-bond donors (Lipinski definition) is 1. The Kier molecular flexibility index (Phi) is 3.61. The summed E-state index contributed by atoms with van der Waals surface area (Å²) in [6, 6.07) is 0.340. The molecule has 1 saturated heterocycles. The summed E-state index contributed by atoms with van der Waals surface area (Å²) in [5, 5.41) is 0. The minimum Gasteiger partial charge on any atom is -0.333 e. The molecule has 0 bridgehead atoms. The molecule has 4 heteroatoms. The van der Waals surface area contributed by atoms with Gasteiger partial charge in [0.1, 0.15) is 0 Å². The van der Waals surface area contributed by atoms with Crippen LogP contribution in [0.1, 0.15) is 32.0 Å². The average Bonchev–Trinajstić information content (AvgIpc) is 2.89. The van der Waals surface area contributed by atoms with E-state index in [2.05, 4.69) is 28.3 Å². The van der Waals surface area contributed by atoms with Crippen LogP contribution in [0.25, 0.3) is 0 Å². The highest BCUT2D eigenvalue weighted by molar-refractivity contribution is 5.07. The van der Waals surface area contributed by atoms with Crippen molar-refractivity contribution < 1.29 is 0 Å². The molecule has 2 N–H and O–H groups in total. The topological polar surface area (TPSA) is 47.1 Å². The van der Waals surface area contributed by atoms with E-state index in [-0.39, 0.29) is 0 Å². The number of likely N-dealkylation sites (tertiary alicyclic amines) is 1. The number of nitrogens with two attached hydrogens (primary N) is 1. The van der Waals surface area contributed by atoms with Crippen molar-refractivity contribution in [3.05, 3.63) is 18.2 Å². The van der Waals surface area contributed by atoms with Crippen LogP contribution in [0.2, 0.25) is 0 Å². The Balaban J connectivity index is 2.16. The molecule has 4 nitrogen and oxygen atoms in total. The van der Waals surface area contributed by atoms with E-state index in [1.165, 1.54) is 12.1 Å². The largest absolute Gasteiger partial charge is 0.333 e. The summed E-state index contributed by atoms with van der Waals surface area (Å²) in [7, 11) is 0. The summed E-state index contributed by atoms with van der Waals surface area (Å²) in [6.45, 7) is 8.43. The van der Waals surface area contributed by atoms with Crippen LogP contribution in [0.5, 0.6) is 0 Å². The molecule has 0 saturated carbocycles. The molecule has 90 valence electrons. The first-order valence-corrected chi connectivity index (χ1v) is 6.20. The maximum atomic E-state index is 5.93. The number of imidazole rings is 1. The first kappa shape index (κ1) is 11.6. The van der Waals surface area contributed by atoms with Crippen molar-refractivity contribution in [2.24, 2.45) is 11.7 Å². The predicted molar refractivity (Wildman–Crippen MR) is 65.1 cm³/mol. The Labute approximate surface area is 97.4 Å². The summed E-state index contributed by atoms with van der Waals surface area (Å²) < 4.78 is 2.19. The van der Waals surface area contributed by atoms with Crippen molar-refractivity contribution in [3.8, 4) is 0 Å². The monoisotopic (exact) mass is 222 g/mol. The van der Waals surface area contributed by atoms with Crippen molar-refractivity contribution >= 4 is 0 Å². The fourth-order valence-corrected chi connectivity index (χ4v) is 2.58. The lowest BCUT2D eigenvalue weighted by molar-refractivity contribution is 0.234. The zero-order valence-corrected chi connectivity index (χ0v) is 10.3. The van der Waals surface area contributed by atoms with Crippen LogP contribution < -0.4 is 5.73 Å². The quantitative estimate of drug-likeness (QED) is 0.834. The van der Waals surface area contributed by atoms with Gasteiger partial charge in [0.15, 0.2) is 0 Å². The van der Waals surface area contributed by atoms with E-state index in [9.17, 15) is 0 Å². The van der Waals surface area contributed by atoms with Crippen LogP contribution in [0.15, 0.2) is 12.5 Å². The third-order valence-electron chi connectivity index (χ3n) is 3.55. The Morgan fingerprint density at radius 2 is 2.44 bits per heavy atom. The molecule has 1 aromatic heterocycles. The fourth-order valence-electron chi connectivity index (χ4n) is 2.58. The van der Waals surface area contributed by atoms with Gasteiger partial charge >= 0.3 is 0 Å². The Morgan fingerprint density at radius 3 is 3.00 bits per heavy atom. The van der Waals surface area contributed by atoms with Gasteiger partial charge in [0.25, 0.3) is 0 Å². The van der Waals surface area contributed by atoms with Gasteiger partial charge in [-0.25, -0.2) is 4.98 Å². The van der Waals surface area contributed by atoms with Crippen LogP contribution in [0.3, 0.4) is 0 Å². The molecule has 0 radical (unpaired) electrons. The molecule has 2 unspecified atom stereocenters. The molecule has 0 aliphatic carbocycles. The lowest BCUT2D eigenvalue weighted by atomic mass is 10.1. The summed E-state index contributed by atoms with van der Waals surface area (Å²) in [4.78, 5) is 6.73. The number of aryl methyl sites for hydroxylation is 1. The van der Waals surface area contributed by atoms with E-state index in [0.717, 1.165) is 25.6 Å². The summed E-state index contributed by atoms with van der Waals surface area (Å²) >= 11 is 0. The van der Waals surface area contributed by atoms with Crippen molar-refractivity contribution in [2.45, 2.75) is 32.9 Å². The molecule has 2 atom stereocenters. The van der Waals surface area contributed by atoms with Gasteiger partial charge in [-0.15, -0.1) is 0 Å². The van der Waals surface area contributed by atoms with Gasteiger partial charge in [-0.1, -0.05) is 6.92 Å². The predicted octanol–water partition coefficient (Wildman–Crippen LogP) is 1.24. The van der Waals surface area contributed by atoms with Gasteiger partial charge in [-0.2, -0.15) is 0 Å². The lowest BCUT2D eigenvalue weighted by Gasteiger charge is -2.27. The Bertz CT molecular complexity index is 334. The number of hydrogen-bond acceptors (Lipinski definition) is 3. The molecule has 0 amide bonds. The second-order valence-electron chi connectivity index (χ2n) is 4.74. The molecule has 1 aliphatic heterocycles. The fraction of sp³-hybridized carbons (Fsp3) is 0.750. The van der Waals surface area contributed by atoms with E-state index in [4.69, 9.17) is 5.73 Å². The third kappa shape index (κ3) is 2.13. The lowest BCUT2D eigenvalue weighted by Crippen LogP contribution is -2.33. The minimum absolute atomic E-state index is 0.340. The SMILES string of the molecule is CCn1cncc1C(CN)N1CCC(C)C1. The first-order valence-electron chi connectivity index (χ1n) is 6.20. The zero-order chi connectivity index (χ0) is 11.5. The number of rotatable bonds is 4. The van der Waals surface area contributed by atoms with Crippen molar-refractivity contribution in [1.29, 1.82) is 0 Å². The standard InChI is InChI=1S/C12H22N4/c1-3-15-9-14-7-12(15)11(6-13)16-5-4-10(2)8-16/h7,9-11H,3-6,8,13H2,1-2H3. The van der Waals surface area contributed by atoms with Crippen LogP contribution in [-0.4, -0.2) is 34.1 Å². The van der Waals surface area contributed by atoms with Gasteiger partial charge < -0.3 is 10.3 Å². The number of aromatic nitrogens is 2. The van der Waals surface area contributed by atoms with E-state index in [1.54, 1.807) is 0 Å². The average molecular weight is 222 g/mol. The molecule has 0 aromatic carbocycles. The highest BCUT2D eigenvalue weighted by atomic mass is 15.2. The molecule has 0 spiro atoms. The molecule has 1 aliphatic rings. The van der Waals surface area contributed by atoms with Crippen molar-refractivity contribution in [1.82, 2.24) is 14.5 Å². The molecule has 1 fully saturated rings. The second-order valence-corrected chi connectivity index (χ2v) is 4.74. The van der Waals surface area contributed by atoms with E-state index < -0.39 is 0 Å². The number of nitrogens with zero attached hydrogens (tertiary/aromatic N) is 3. The van der Waals surface area contributed by atoms with Crippen molar-refractivity contribution in [2.75, 3.05) is 19.6 Å². The van der Waals surface area contributed by atoms with Gasteiger partial charge in [-0.3, -0.25) is 4.90 Å². The van der Waals surface area contributed by atoms with Gasteiger partial charge in [0, 0.05) is 25.8 Å². The normalized spacial score (nSPS) is 23.8. The van der Waals surface area contributed by atoms with Crippen LogP contribution in [0.4, 0.5) is 0 Å². The second kappa shape index (κ2) is 4.97. The van der Waals surface area contributed by atoms with Crippen LogP contribution in [0, 0.1) is 5.92 Å². The summed E-state index contributed by atoms with van der Waals surface area (Å²) in [5.41, 5.74) is 7.19. The molecule has 1 aromatic rings. The maximum Gasteiger partial charge on any atom is 0.0948 e. The molecule has 2 heterocycles. The van der Waals surface area contributed by atoms with E-state index in [1.807, 2.05) is 12.5 Å². The highest BCUT2D eigenvalue weighted by Gasteiger charge is 2.27. The van der Waals surface area contributed by atoms with Crippen molar-refractivity contribution in [3.63, 3.8) is 0 Å². The minimum atomic E-state index is 0.340. The third-order valence-corrected chi connectivity index (χ3v) is 3.55. The Morgan fingerprint density at radius 1 is 1.62 bits per heavy atom. The van der Waals surface area contributed by atoms with Gasteiger partial charge in [-0.05, 0) is 25.8 Å². The summed E-state index contributed by atoms with van der Waals surface area (Å²) in [5.74, 6) is 0.798. The molecule has 2 rings (SSSR count). The van der Waals surface area contributed by atoms with Crippen LogP contribution >= 0.6 is 0 Å². The Hall–Kier alpha value is -0.870. The highest BCUT2D eigenvalue weighted by Crippen LogP contribution is 2.26. The molecule has 16 heavy (non-hydrogen) atoms. The molecular weight excluding hydrogens is 200 g/mol.